The van der Waals surface area contributed by atoms with Crippen LogP contribution in [0.25, 0.3) is 0 Å². The Morgan fingerprint density at radius 3 is 2.53 bits per heavy atom. The van der Waals surface area contributed by atoms with Crippen molar-refractivity contribution in [2.24, 2.45) is 5.41 Å². The molecule has 1 nitrogen and oxygen atoms in total. The molecule has 1 aromatic rings. The van der Waals surface area contributed by atoms with Gasteiger partial charge in [-0.3, -0.25) is 0 Å². The van der Waals surface area contributed by atoms with Crippen LogP contribution in [0.15, 0.2) is 12.1 Å². The van der Waals surface area contributed by atoms with Crippen molar-refractivity contribution in [2.75, 3.05) is 7.11 Å². The lowest BCUT2D eigenvalue weighted by Gasteiger charge is -2.38. The Balaban J connectivity index is 2.06. The molecule has 1 aromatic carbocycles. The summed E-state index contributed by atoms with van der Waals surface area (Å²) < 4.78 is 6.89. The molecular formula is C13H15IO. The molecule has 0 atom stereocenters. The van der Waals surface area contributed by atoms with Gasteiger partial charge < -0.3 is 4.74 Å². The fourth-order valence-corrected chi connectivity index (χ4v) is 3.76. The number of ether oxygens (including phenoxy) is 1. The van der Waals surface area contributed by atoms with Gasteiger partial charge in [-0.05, 0) is 76.9 Å². The second-order valence-electron chi connectivity index (χ2n) is 4.91. The average Bonchev–Trinajstić information content (AvgIpc) is 2.59. The van der Waals surface area contributed by atoms with Gasteiger partial charge in [0.2, 0.25) is 0 Å². The van der Waals surface area contributed by atoms with Crippen LogP contribution in [0.5, 0.6) is 5.75 Å². The van der Waals surface area contributed by atoms with Gasteiger partial charge in [0.05, 0.1) is 7.11 Å². The van der Waals surface area contributed by atoms with Crippen LogP contribution in [0.1, 0.15) is 30.4 Å². The summed E-state index contributed by atoms with van der Waals surface area (Å²) in [5, 5.41) is 0. The van der Waals surface area contributed by atoms with Crippen molar-refractivity contribution in [2.45, 2.75) is 32.1 Å². The largest absolute Gasteiger partial charge is 0.496 e. The van der Waals surface area contributed by atoms with Gasteiger partial charge in [0.15, 0.2) is 0 Å². The van der Waals surface area contributed by atoms with Gasteiger partial charge in [-0.15, -0.1) is 0 Å². The molecule has 0 N–H and O–H groups in total. The summed E-state index contributed by atoms with van der Waals surface area (Å²) in [6.45, 7) is 0. The van der Waals surface area contributed by atoms with Crippen LogP contribution in [0, 0.1) is 8.99 Å². The molecule has 3 rings (SSSR count). The Kier molecular flexibility index (Phi) is 2.23. The van der Waals surface area contributed by atoms with E-state index in [1.54, 1.807) is 12.7 Å². The Labute approximate surface area is 104 Å². The SMILES string of the molecule is COc1ccc(I)c2c1CC1(CCC1)C2. The number of methoxy groups -OCH3 is 1. The molecular weight excluding hydrogens is 299 g/mol. The normalized spacial score (nSPS) is 21.2. The van der Waals surface area contributed by atoms with Crippen LogP contribution in [0.2, 0.25) is 0 Å². The van der Waals surface area contributed by atoms with E-state index in [0.717, 1.165) is 5.75 Å². The van der Waals surface area contributed by atoms with Gasteiger partial charge >= 0.3 is 0 Å². The van der Waals surface area contributed by atoms with Crippen LogP contribution < -0.4 is 4.74 Å². The maximum absolute atomic E-state index is 5.47. The van der Waals surface area contributed by atoms with Crippen molar-refractivity contribution in [1.29, 1.82) is 0 Å². The Bertz CT molecular complexity index is 407. The Morgan fingerprint density at radius 1 is 1.20 bits per heavy atom. The zero-order chi connectivity index (χ0) is 10.5. The summed E-state index contributed by atoms with van der Waals surface area (Å²) in [5.41, 5.74) is 3.68. The Morgan fingerprint density at radius 2 is 1.93 bits per heavy atom. The third kappa shape index (κ3) is 1.41. The molecule has 2 aliphatic carbocycles. The Hall–Kier alpha value is -0.250. The van der Waals surface area contributed by atoms with Crippen LogP contribution in [0.3, 0.4) is 0 Å². The highest BCUT2D eigenvalue weighted by Gasteiger charge is 2.43. The summed E-state index contributed by atoms with van der Waals surface area (Å²) in [4.78, 5) is 0. The van der Waals surface area contributed by atoms with E-state index in [0.29, 0.717) is 5.41 Å². The number of hydrogen-bond donors (Lipinski definition) is 0. The molecule has 0 heterocycles. The van der Waals surface area contributed by atoms with Crippen LogP contribution in [0.4, 0.5) is 0 Å². The smallest absolute Gasteiger partial charge is 0.122 e. The molecule has 0 unspecified atom stereocenters. The van der Waals surface area contributed by atoms with E-state index in [-0.39, 0.29) is 0 Å². The third-order valence-electron chi connectivity index (χ3n) is 4.07. The first-order valence-corrected chi connectivity index (χ1v) is 6.66. The van der Waals surface area contributed by atoms with Gasteiger partial charge in [-0.25, -0.2) is 0 Å². The van der Waals surface area contributed by atoms with E-state index in [2.05, 4.69) is 34.7 Å². The number of rotatable bonds is 1. The van der Waals surface area contributed by atoms with E-state index in [9.17, 15) is 0 Å². The van der Waals surface area contributed by atoms with Crippen LogP contribution in [-0.2, 0) is 12.8 Å². The molecule has 80 valence electrons. The first-order chi connectivity index (χ1) is 7.24. The molecule has 1 fully saturated rings. The molecule has 2 aliphatic rings. The third-order valence-corrected chi connectivity index (χ3v) is 5.08. The number of benzene rings is 1. The van der Waals surface area contributed by atoms with Crippen molar-refractivity contribution in [1.82, 2.24) is 0 Å². The van der Waals surface area contributed by atoms with Crippen molar-refractivity contribution in [3.05, 3.63) is 26.8 Å². The fraction of sp³-hybridized carbons (Fsp3) is 0.538. The molecule has 1 spiro atoms. The topological polar surface area (TPSA) is 9.23 Å². The minimum Gasteiger partial charge on any atom is -0.496 e. The minimum atomic E-state index is 0.622. The summed E-state index contributed by atoms with van der Waals surface area (Å²) in [7, 11) is 1.79. The number of fused-ring (bicyclic) bond motifs is 1. The molecule has 0 amide bonds. The molecule has 0 aromatic heterocycles. The van der Waals surface area contributed by atoms with Crippen LogP contribution in [-0.4, -0.2) is 7.11 Å². The lowest BCUT2D eigenvalue weighted by molar-refractivity contribution is 0.148. The quantitative estimate of drug-likeness (QED) is 0.720. The summed E-state index contributed by atoms with van der Waals surface area (Å²) in [6.07, 6.45) is 6.80. The second kappa shape index (κ2) is 3.37. The predicted octanol–water partition coefficient (Wildman–Crippen LogP) is 3.57. The number of hydrogen-bond acceptors (Lipinski definition) is 1. The van der Waals surface area contributed by atoms with Gasteiger partial charge in [-0.2, -0.15) is 0 Å². The standard InChI is InChI=1S/C13H15IO/c1-15-12-4-3-11(14)9-7-13(5-2-6-13)8-10(9)12/h3-4H,2,5-8H2,1H3. The second-order valence-corrected chi connectivity index (χ2v) is 6.08. The molecule has 2 heteroatoms. The van der Waals surface area contributed by atoms with Crippen molar-refractivity contribution in [3.63, 3.8) is 0 Å². The fourth-order valence-electron chi connectivity index (χ4n) is 3.06. The first kappa shape index (κ1) is 9.94. The minimum absolute atomic E-state index is 0.622. The first-order valence-electron chi connectivity index (χ1n) is 5.58. The maximum atomic E-state index is 5.47. The van der Waals surface area contributed by atoms with Gasteiger partial charge in [0.25, 0.3) is 0 Å². The molecule has 0 saturated heterocycles. The van der Waals surface area contributed by atoms with Gasteiger partial charge in [0, 0.05) is 3.57 Å². The molecule has 15 heavy (non-hydrogen) atoms. The van der Waals surface area contributed by atoms with Crippen molar-refractivity contribution in [3.8, 4) is 5.75 Å². The van der Waals surface area contributed by atoms with Crippen LogP contribution >= 0.6 is 22.6 Å². The summed E-state index contributed by atoms with van der Waals surface area (Å²) >= 11 is 2.46. The summed E-state index contributed by atoms with van der Waals surface area (Å²) in [5.74, 6) is 1.11. The average molecular weight is 314 g/mol. The zero-order valence-corrected chi connectivity index (χ0v) is 11.1. The van der Waals surface area contributed by atoms with E-state index in [4.69, 9.17) is 4.74 Å². The number of halogens is 1. The van der Waals surface area contributed by atoms with E-state index < -0.39 is 0 Å². The molecule has 1 saturated carbocycles. The highest BCUT2D eigenvalue weighted by atomic mass is 127. The van der Waals surface area contributed by atoms with Crippen molar-refractivity contribution >= 4 is 22.6 Å². The molecule has 0 aliphatic heterocycles. The predicted molar refractivity (Wildman–Crippen MR) is 69.4 cm³/mol. The van der Waals surface area contributed by atoms with Crippen molar-refractivity contribution < 1.29 is 4.74 Å². The van der Waals surface area contributed by atoms with Gasteiger partial charge in [0.1, 0.15) is 5.75 Å². The lowest BCUT2D eigenvalue weighted by Crippen LogP contribution is -2.29. The lowest BCUT2D eigenvalue weighted by atomic mass is 9.67. The van der Waals surface area contributed by atoms with Gasteiger partial charge in [-0.1, -0.05) is 6.42 Å². The molecule has 0 radical (unpaired) electrons. The maximum Gasteiger partial charge on any atom is 0.122 e. The highest BCUT2D eigenvalue weighted by molar-refractivity contribution is 14.1. The van der Waals surface area contributed by atoms with E-state index >= 15 is 0 Å². The monoisotopic (exact) mass is 314 g/mol. The highest BCUT2D eigenvalue weighted by Crippen LogP contribution is 2.53. The van der Waals surface area contributed by atoms with E-state index in [1.807, 2.05) is 0 Å². The van der Waals surface area contributed by atoms with E-state index in [1.165, 1.54) is 41.2 Å². The zero-order valence-electron chi connectivity index (χ0n) is 8.98. The molecule has 0 bridgehead atoms. The summed E-state index contributed by atoms with van der Waals surface area (Å²) in [6, 6.07) is 4.31.